The molecule has 0 aliphatic carbocycles. The first kappa shape index (κ1) is 32.3. The van der Waals surface area contributed by atoms with E-state index in [9.17, 15) is 18.0 Å². The highest BCUT2D eigenvalue weighted by Crippen LogP contribution is 2.33. The van der Waals surface area contributed by atoms with E-state index in [1.807, 2.05) is 38.1 Å². The van der Waals surface area contributed by atoms with Crippen molar-refractivity contribution in [3.05, 3.63) is 77.9 Å². The van der Waals surface area contributed by atoms with E-state index in [0.717, 1.165) is 15.4 Å². The standard InChI is InChI=1S/C31H39N3O7S/c1-7-32-31(36)23(4)33(20-24-11-9-22(3)10-12-24)30(35)21-34(25-13-15-26(16-14-25)41-8-2)42(37,38)27-17-18-28(39-5)29(19-27)40-6/h9-19,23H,7-8,20-21H2,1-6H3,(H,32,36)/t23-/m0/s1. The van der Waals surface area contributed by atoms with Gasteiger partial charge in [-0.1, -0.05) is 29.8 Å². The third kappa shape index (κ3) is 7.73. The predicted octanol–water partition coefficient (Wildman–Crippen LogP) is 4.16. The second kappa shape index (κ2) is 14.6. The van der Waals surface area contributed by atoms with Crippen molar-refractivity contribution >= 4 is 27.5 Å². The lowest BCUT2D eigenvalue weighted by Crippen LogP contribution is -2.51. The fourth-order valence-corrected chi connectivity index (χ4v) is 5.73. The third-order valence-electron chi connectivity index (χ3n) is 6.65. The van der Waals surface area contributed by atoms with Crippen molar-refractivity contribution in [3.8, 4) is 17.2 Å². The van der Waals surface area contributed by atoms with Crippen LogP contribution in [0.4, 0.5) is 5.69 Å². The number of benzene rings is 3. The number of ether oxygens (including phenoxy) is 3. The molecule has 0 saturated carbocycles. The van der Waals surface area contributed by atoms with Crippen molar-refractivity contribution < 1.29 is 32.2 Å². The van der Waals surface area contributed by atoms with Gasteiger partial charge in [-0.25, -0.2) is 8.42 Å². The number of carbonyl (C=O) groups excluding carboxylic acids is 2. The molecular weight excluding hydrogens is 558 g/mol. The van der Waals surface area contributed by atoms with Gasteiger partial charge in [-0.3, -0.25) is 13.9 Å². The van der Waals surface area contributed by atoms with E-state index in [1.54, 1.807) is 38.1 Å². The van der Waals surface area contributed by atoms with Gasteiger partial charge in [0.25, 0.3) is 10.0 Å². The van der Waals surface area contributed by atoms with E-state index < -0.39 is 28.5 Å². The molecule has 0 heterocycles. The minimum Gasteiger partial charge on any atom is -0.494 e. The van der Waals surface area contributed by atoms with Crippen LogP contribution in [0, 0.1) is 6.92 Å². The average molecular weight is 598 g/mol. The molecule has 11 heteroatoms. The number of sulfonamides is 1. The van der Waals surface area contributed by atoms with Gasteiger partial charge in [-0.2, -0.15) is 0 Å². The molecule has 2 amide bonds. The van der Waals surface area contributed by atoms with Gasteiger partial charge >= 0.3 is 0 Å². The number of likely N-dealkylation sites (N-methyl/N-ethyl adjacent to an activating group) is 1. The minimum atomic E-state index is -4.29. The van der Waals surface area contributed by atoms with Gasteiger partial charge in [0.2, 0.25) is 11.8 Å². The molecular formula is C31H39N3O7S. The first-order valence-corrected chi connectivity index (χ1v) is 15.1. The van der Waals surface area contributed by atoms with Crippen LogP contribution in [-0.4, -0.2) is 65.1 Å². The fraction of sp³-hybridized carbons (Fsp3) is 0.355. The predicted molar refractivity (Wildman–Crippen MR) is 162 cm³/mol. The van der Waals surface area contributed by atoms with Crippen LogP contribution in [0.5, 0.6) is 17.2 Å². The first-order valence-electron chi connectivity index (χ1n) is 13.7. The van der Waals surface area contributed by atoms with Gasteiger partial charge in [0, 0.05) is 19.2 Å². The molecule has 0 radical (unpaired) electrons. The number of hydrogen-bond donors (Lipinski definition) is 1. The largest absolute Gasteiger partial charge is 0.494 e. The second-order valence-electron chi connectivity index (χ2n) is 9.53. The summed E-state index contributed by atoms with van der Waals surface area (Å²) in [7, 11) is -1.43. The summed E-state index contributed by atoms with van der Waals surface area (Å²) in [6, 6.07) is 17.4. The lowest BCUT2D eigenvalue weighted by molar-refractivity contribution is -0.139. The Labute approximate surface area is 248 Å². The average Bonchev–Trinajstić information content (AvgIpc) is 2.99. The van der Waals surface area contributed by atoms with Gasteiger partial charge in [0.05, 0.1) is 31.4 Å². The number of amides is 2. The number of hydrogen-bond acceptors (Lipinski definition) is 7. The molecule has 0 unspecified atom stereocenters. The summed E-state index contributed by atoms with van der Waals surface area (Å²) in [5.41, 5.74) is 2.11. The number of methoxy groups -OCH3 is 2. The summed E-state index contributed by atoms with van der Waals surface area (Å²) < 4.78 is 45.4. The molecule has 0 aliphatic heterocycles. The van der Waals surface area contributed by atoms with Crippen LogP contribution in [0.2, 0.25) is 0 Å². The zero-order chi connectivity index (χ0) is 30.9. The highest BCUT2D eigenvalue weighted by molar-refractivity contribution is 7.92. The smallest absolute Gasteiger partial charge is 0.264 e. The van der Waals surface area contributed by atoms with Crippen molar-refractivity contribution in [3.63, 3.8) is 0 Å². The van der Waals surface area contributed by atoms with Crippen LogP contribution in [-0.2, 0) is 26.2 Å². The lowest BCUT2D eigenvalue weighted by atomic mass is 10.1. The molecule has 1 N–H and O–H groups in total. The number of nitrogens with zero attached hydrogens (tertiary/aromatic N) is 2. The Morgan fingerprint density at radius 3 is 2.12 bits per heavy atom. The van der Waals surface area contributed by atoms with Gasteiger partial charge < -0.3 is 24.4 Å². The van der Waals surface area contributed by atoms with Crippen LogP contribution >= 0.6 is 0 Å². The van der Waals surface area contributed by atoms with E-state index in [4.69, 9.17) is 14.2 Å². The van der Waals surface area contributed by atoms with Crippen molar-refractivity contribution in [1.29, 1.82) is 0 Å². The number of nitrogens with one attached hydrogen (secondary N) is 1. The van der Waals surface area contributed by atoms with E-state index in [-0.39, 0.29) is 28.8 Å². The summed E-state index contributed by atoms with van der Waals surface area (Å²) in [6.45, 7) is 7.61. The summed E-state index contributed by atoms with van der Waals surface area (Å²) in [5, 5.41) is 2.75. The molecule has 0 spiro atoms. The van der Waals surface area contributed by atoms with Crippen LogP contribution in [0.3, 0.4) is 0 Å². The maximum Gasteiger partial charge on any atom is 0.264 e. The van der Waals surface area contributed by atoms with Gasteiger partial charge in [-0.05, 0) is 69.7 Å². The van der Waals surface area contributed by atoms with E-state index in [1.165, 1.54) is 37.3 Å². The molecule has 0 aliphatic rings. The molecule has 3 rings (SSSR count). The minimum absolute atomic E-state index is 0.0938. The van der Waals surface area contributed by atoms with Crippen LogP contribution in [0.25, 0.3) is 0 Å². The zero-order valence-electron chi connectivity index (χ0n) is 24.9. The van der Waals surface area contributed by atoms with Crippen LogP contribution in [0.15, 0.2) is 71.6 Å². The third-order valence-corrected chi connectivity index (χ3v) is 8.42. The molecule has 10 nitrogen and oxygen atoms in total. The fourth-order valence-electron chi connectivity index (χ4n) is 4.30. The Morgan fingerprint density at radius 2 is 1.55 bits per heavy atom. The lowest BCUT2D eigenvalue weighted by Gasteiger charge is -2.32. The highest BCUT2D eigenvalue weighted by Gasteiger charge is 2.33. The van der Waals surface area contributed by atoms with Crippen molar-refractivity contribution in [2.24, 2.45) is 0 Å². The molecule has 0 aromatic heterocycles. The number of anilines is 1. The zero-order valence-corrected chi connectivity index (χ0v) is 25.7. The Kier molecular flexibility index (Phi) is 11.2. The highest BCUT2D eigenvalue weighted by atomic mass is 32.2. The quantitative estimate of drug-likeness (QED) is 0.297. The van der Waals surface area contributed by atoms with Crippen molar-refractivity contribution in [2.45, 2.75) is 45.2 Å². The van der Waals surface area contributed by atoms with Gasteiger partial charge in [0.15, 0.2) is 11.5 Å². The van der Waals surface area contributed by atoms with E-state index in [0.29, 0.717) is 24.7 Å². The Hall–Kier alpha value is -4.25. The first-order chi connectivity index (χ1) is 20.0. The van der Waals surface area contributed by atoms with Gasteiger partial charge in [-0.15, -0.1) is 0 Å². The normalized spacial score (nSPS) is 11.8. The Bertz CT molecular complexity index is 1460. The summed E-state index contributed by atoms with van der Waals surface area (Å²) in [4.78, 5) is 28.1. The molecule has 0 fully saturated rings. The number of rotatable bonds is 14. The van der Waals surface area contributed by atoms with Crippen molar-refractivity contribution in [2.75, 3.05) is 38.2 Å². The van der Waals surface area contributed by atoms with E-state index >= 15 is 0 Å². The van der Waals surface area contributed by atoms with E-state index in [2.05, 4.69) is 5.32 Å². The summed E-state index contributed by atoms with van der Waals surface area (Å²) >= 11 is 0. The molecule has 0 bridgehead atoms. The maximum atomic E-state index is 14.1. The van der Waals surface area contributed by atoms with Gasteiger partial charge in [0.1, 0.15) is 18.3 Å². The molecule has 3 aromatic carbocycles. The second-order valence-corrected chi connectivity index (χ2v) is 11.4. The number of aryl methyl sites for hydroxylation is 1. The molecule has 226 valence electrons. The molecule has 1 atom stereocenters. The Balaban J connectivity index is 2.07. The molecule has 0 saturated heterocycles. The molecule has 3 aromatic rings. The van der Waals surface area contributed by atoms with Crippen molar-refractivity contribution in [1.82, 2.24) is 10.2 Å². The van der Waals surface area contributed by atoms with Crippen LogP contribution < -0.4 is 23.8 Å². The topological polar surface area (TPSA) is 114 Å². The Morgan fingerprint density at radius 1 is 0.905 bits per heavy atom. The maximum absolute atomic E-state index is 14.1. The summed E-state index contributed by atoms with van der Waals surface area (Å²) in [5.74, 6) is 0.255. The molecule has 42 heavy (non-hydrogen) atoms. The summed E-state index contributed by atoms with van der Waals surface area (Å²) in [6.07, 6.45) is 0. The monoisotopic (exact) mass is 597 g/mol. The SMILES string of the molecule is CCNC(=O)[C@H](C)N(Cc1ccc(C)cc1)C(=O)CN(c1ccc(OCC)cc1)S(=O)(=O)c1ccc(OC)c(OC)c1. The number of carbonyl (C=O) groups is 2. The van der Waals surface area contributed by atoms with Crippen LogP contribution in [0.1, 0.15) is 31.9 Å².